The summed E-state index contributed by atoms with van der Waals surface area (Å²) < 4.78 is 64.0. The van der Waals surface area contributed by atoms with Gasteiger partial charge in [-0.25, -0.2) is 0 Å². The first-order chi connectivity index (χ1) is 9.00. The van der Waals surface area contributed by atoms with Crippen LogP contribution in [-0.4, -0.2) is 16.8 Å². The average molecular weight is 362 g/mol. The molecule has 0 aliphatic rings. The minimum atomic E-state index is -4.54. The summed E-state index contributed by atoms with van der Waals surface area (Å²) in [7, 11) is -9.09. The van der Waals surface area contributed by atoms with Gasteiger partial charge in [0.25, 0.3) is 0 Å². The van der Waals surface area contributed by atoms with Crippen LogP contribution in [0.2, 0.25) is 0 Å². The maximum Gasteiger partial charge on any atom is 0.341 e. The Hall–Kier alpha value is -1.24. The van der Waals surface area contributed by atoms with Crippen molar-refractivity contribution in [2.75, 3.05) is 11.5 Å². The second-order valence-corrected chi connectivity index (χ2v) is 8.41. The number of nitrogen functional groups attached to an aromatic ring is 2. The van der Waals surface area contributed by atoms with Crippen molar-refractivity contribution in [3.63, 3.8) is 0 Å². The van der Waals surface area contributed by atoms with Crippen molar-refractivity contribution in [2.24, 2.45) is 0 Å². The zero-order valence-corrected chi connectivity index (χ0v) is 12.8. The highest BCUT2D eigenvalue weighted by Gasteiger charge is 2.14. The van der Waals surface area contributed by atoms with E-state index in [1.165, 1.54) is 11.4 Å². The van der Waals surface area contributed by atoms with Gasteiger partial charge in [-0.05, 0) is 18.2 Å². The van der Waals surface area contributed by atoms with E-state index in [0.29, 0.717) is 11.3 Å². The highest BCUT2D eigenvalue weighted by Crippen LogP contribution is 2.24. The van der Waals surface area contributed by atoms with Crippen LogP contribution in [0.3, 0.4) is 0 Å². The van der Waals surface area contributed by atoms with Gasteiger partial charge in [-0.15, -0.1) is 22.7 Å². The zero-order chi connectivity index (χ0) is 15.6. The van der Waals surface area contributed by atoms with Gasteiger partial charge in [-0.2, -0.15) is 16.8 Å². The van der Waals surface area contributed by atoms with E-state index in [4.69, 9.17) is 11.5 Å². The number of rotatable bonds is 2. The van der Waals surface area contributed by atoms with E-state index in [1.807, 2.05) is 0 Å². The number of anilines is 2. The van der Waals surface area contributed by atoms with Crippen LogP contribution in [0.5, 0.6) is 0 Å². The van der Waals surface area contributed by atoms with E-state index in [-0.39, 0.29) is 19.1 Å². The number of nitrogens with two attached hydrogens (primary N) is 2. The summed E-state index contributed by atoms with van der Waals surface area (Å²) in [5.74, 6) is 0. The molecule has 20 heavy (non-hydrogen) atoms. The molecule has 4 N–H and O–H groups in total. The summed E-state index contributed by atoms with van der Waals surface area (Å²) in [6, 6.07) is 3.56. The SMILES string of the molecule is Nc1ccc(S(=O)(=O)F)s1.Nc1csc(S(=O)(=O)F)c1. The second-order valence-electron chi connectivity index (χ2n) is 3.23. The van der Waals surface area contributed by atoms with Crippen LogP contribution in [0, 0.1) is 0 Å². The van der Waals surface area contributed by atoms with Crippen LogP contribution in [0.1, 0.15) is 0 Å². The van der Waals surface area contributed by atoms with Gasteiger partial charge in [-0.1, -0.05) is 7.77 Å². The predicted octanol–water partition coefficient (Wildman–Crippen LogP) is 1.98. The Morgan fingerprint density at radius 2 is 1.50 bits per heavy atom. The largest absolute Gasteiger partial charge is 0.398 e. The quantitative estimate of drug-likeness (QED) is 0.788. The van der Waals surface area contributed by atoms with Gasteiger partial charge in [0.15, 0.2) is 8.42 Å². The summed E-state index contributed by atoms with van der Waals surface area (Å²) in [4.78, 5) is 0. The van der Waals surface area contributed by atoms with E-state index in [0.717, 1.165) is 23.5 Å². The van der Waals surface area contributed by atoms with E-state index in [2.05, 4.69) is 0 Å². The Labute approximate surface area is 122 Å². The molecule has 0 aliphatic heterocycles. The van der Waals surface area contributed by atoms with E-state index < -0.39 is 20.4 Å². The molecule has 0 saturated heterocycles. The minimum absolute atomic E-state index is 0.265. The molecule has 2 aromatic heterocycles. The molecule has 0 spiro atoms. The van der Waals surface area contributed by atoms with Crippen LogP contribution in [0.25, 0.3) is 0 Å². The van der Waals surface area contributed by atoms with Crippen LogP contribution >= 0.6 is 22.7 Å². The maximum atomic E-state index is 12.1. The molecule has 2 rings (SSSR count). The first-order valence-corrected chi connectivity index (χ1v) is 9.05. The molecule has 6 nitrogen and oxygen atoms in total. The van der Waals surface area contributed by atoms with Gasteiger partial charge in [0.2, 0.25) is 0 Å². The Balaban J connectivity index is 0.000000200. The first-order valence-electron chi connectivity index (χ1n) is 4.59. The fraction of sp³-hybridized carbons (Fsp3) is 0. The predicted molar refractivity (Wildman–Crippen MR) is 74.1 cm³/mol. The zero-order valence-electron chi connectivity index (χ0n) is 9.49. The fourth-order valence-corrected chi connectivity index (χ4v) is 3.75. The lowest BCUT2D eigenvalue weighted by Gasteiger charge is -1.82. The molecule has 112 valence electrons. The van der Waals surface area contributed by atoms with Crippen LogP contribution in [0.4, 0.5) is 18.5 Å². The third kappa shape index (κ3) is 5.03. The van der Waals surface area contributed by atoms with Crippen LogP contribution < -0.4 is 11.5 Å². The molecule has 0 radical (unpaired) electrons. The van der Waals surface area contributed by atoms with E-state index in [9.17, 15) is 24.6 Å². The van der Waals surface area contributed by atoms with Crippen molar-refractivity contribution >= 4 is 53.8 Å². The Morgan fingerprint density at radius 3 is 1.70 bits per heavy atom. The van der Waals surface area contributed by atoms with Gasteiger partial charge in [0, 0.05) is 11.1 Å². The fourth-order valence-electron chi connectivity index (χ4n) is 0.924. The van der Waals surface area contributed by atoms with Gasteiger partial charge < -0.3 is 11.5 Å². The molecule has 0 saturated carbocycles. The smallest absolute Gasteiger partial charge is 0.341 e. The summed E-state index contributed by atoms with van der Waals surface area (Å²) in [5.41, 5.74) is 10.6. The Morgan fingerprint density at radius 1 is 0.950 bits per heavy atom. The summed E-state index contributed by atoms with van der Waals surface area (Å²) in [6.07, 6.45) is 0. The Kier molecular flexibility index (Phi) is 5.07. The molecular weight excluding hydrogens is 354 g/mol. The third-order valence-corrected chi connectivity index (χ3v) is 6.08. The number of hydrogen-bond donors (Lipinski definition) is 2. The number of hydrogen-bond acceptors (Lipinski definition) is 8. The molecule has 0 aromatic carbocycles. The highest BCUT2D eigenvalue weighted by molar-refractivity contribution is 7.89. The topological polar surface area (TPSA) is 120 Å². The summed E-state index contributed by atoms with van der Waals surface area (Å²) in [6.45, 7) is 0. The maximum absolute atomic E-state index is 12.1. The van der Waals surface area contributed by atoms with Gasteiger partial charge in [0.05, 0.1) is 5.00 Å². The normalized spacial score (nSPS) is 11.7. The molecule has 0 atom stereocenters. The van der Waals surface area contributed by atoms with Crippen molar-refractivity contribution in [1.29, 1.82) is 0 Å². The molecule has 0 amide bonds. The Bertz CT molecular complexity index is 726. The van der Waals surface area contributed by atoms with Gasteiger partial charge in [-0.3, -0.25) is 0 Å². The van der Waals surface area contributed by atoms with Crippen molar-refractivity contribution in [2.45, 2.75) is 8.42 Å². The van der Waals surface area contributed by atoms with Crippen molar-refractivity contribution in [1.82, 2.24) is 0 Å². The standard InChI is InChI=1S/2C4H4FNO2S2/c5-10(7,8)4-1-3(6)2-9-4;5-10(7,8)4-2-1-3(6)9-4/h2*1-2H,6H2. The molecule has 0 unspecified atom stereocenters. The lowest BCUT2D eigenvalue weighted by Crippen LogP contribution is -1.86. The average Bonchev–Trinajstić information content (AvgIpc) is 2.85. The molecule has 0 aliphatic carbocycles. The van der Waals surface area contributed by atoms with Crippen molar-refractivity contribution < 1.29 is 24.6 Å². The van der Waals surface area contributed by atoms with Crippen molar-refractivity contribution in [3.8, 4) is 0 Å². The number of halogens is 2. The lowest BCUT2D eigenvalue weighted by atomic mass is 10.6. The molecule has 12 heteroatoms. The summed E-state index contributed by atoms with van der Waals surface area (Å²) >= 11 is 1.48. The first kappa shape index (κ1) is 16.8. The van der Waals surface area contributed by atoms with E-state index in [1.54, 1.807) is 0 Å². The van der Waals surface area contributed by atoms with Crippen LogP contribution in [-0.2, 0) is 20.4 Å². The van der Waals surface area contributed by atoms with Crippen LogP contribution in [0.15, 0.2) is 32.0 Å². The molecule has 2 aromatic rings. The van der Waals surface area contributed by atoms with E-state index >= 15 is 0 Å². The second kappa shape index (κ2) is 6.03. The lowest BCUT2D eigenvalue weighted by molar-refractivity contribution is 0.552. The molecule has 0 fully saturated rings. The third-order valence-electron chi connectivity index (χ3n) is 1.68. The number of thiophene rings is 2. The molecule has 2 heterocycles. The molecular formula is C8H8F2N2O4S4. The summed E-state index contributed by atoms with van der Waals surface area (Å²) in [5, 5.41) is 1.66. The monoisotopic (exact) mass is 362 g/mol. The van der Waals surface area contributed by atoms with Gasteiger partial charge in [0.1, 0.15) is 0 Å². The highest BCUT2D eigenvalue weighted by atomic mass is 32.3. The van der Waals surface area contributed by atoms with Gasteiger partial charge >= 0.3 is 20.4 Å². The molecule has 0 bridgehead atoms. The minimum Gasteiger partial charge on any atom is -0.398 e. The van der Waals surface area contributed by atoms with Crippen molar-refractivity contribution in [3.05, 3.63) is 23.6 Å².